The molecule has 1 aliphatic heterocycles. The van der Waals surface area contributed by atoms with Crippen molar-refractivity contribution in [2.45, 2.75) is 45.2 Å². The number of rotatable bonds is 3. The molecule has 2 aliphatic rings. The maximum Gasteiger partial charge on any atom is 0.345 e. The molecule has 1 spiro atoms. The summed E-state index contributed by atoms with van der Waals surface area (Å²) in [5.74, 6) is -0.809. The second kappa shape index (κ2) is 4.35. The fourth-order valence-corrected chi connectivity index (χ4v) is 4.20. The van der Waals surface area contributed by atoms with E-state index in [1.54, 1.807) is 0 Å². The van der Waals surface area contributed by atoms with Gasteiger partial charge in [0, 0.05) is 19.1 Å². The number of carboxylic acid groups (broad SMARTS) is 1. The van der Waals surface area contributed by atoms with Gasteiger partial charge in [0.2, 0.25) is 0 Å². The van der Waals surface area contributed by atoms with Gasteiger partial charge < -0.3 is 5.11 Å². The average molecular weight is 265 g/mol. The third kappa shape index (κ3) is 2.08. The minimum absolute atomic E-state index is 0.454. The molecule has 1 N–H and O–H groups in total. The summed E-state index contributed by atoms with van der Waals surface area (Å²) in [7, 11) is 0. The number of thiophene rings is 1. The molecule has 1 aromatic rings. The second-order valence-corrected chi connectivity index (χ2v) is 6.85. The van der Waals surface area contributed by atoms with Gasteiger partial charge in [-0.25, -0.2) is 4.79 Å². The number of hydrogen-bond acceptors (Lipinski definition) is 3. The summed E-state index contributed by atoms with van der Waals surface area (Å²) in [6, 6.07) is 2.46. The van der Waals surface area contributed by atoms with E-state index in [1.807, 2.05) is 11.4 Å². The molecule has 3 rings (SSSR count). The first kappa shape index (κ1) is 12.2. The molecule has 2 fully saturated rings. The SMILES string of the molecule is CC1CC2(CCC2)CN1Cc1csc(C(=O)O)c1. The third-order valence-corrected chi connectivity index (χ3v) is 5.52. The van der Waals surface area contributed by atoms with Crippen molar-refractivity contribution >= 4 is 17.3 Å². The van der Waals surface area contributed by atoms with E-state index < -0.39 is 5.97 Å². The number of nitrogens with zero attached hydrogens (tertiary/aromatic N) is 1. The lowest BCUT2D eigenvalue weighted by Gasteiger charge is -2.38. The first-order chi connectivity index (χ1) is 8.58. The van der Waals surface area contributed by atoms with E-state index in [9.17, 15) is 4.79 Å². The lowest BCUT2D eigenvalue weighted by Crippen LogP contribution is -2.33. The Bertz CT molecular complexity index is 464. The van der Waals surface area contributed by atoms with Crippen molar-refractivity contribution in [1.29, 1.82) is 0 Å². The molecule has 0 radical (unpaired) electrons. The molecule has 1 atom stereocenters. The van der Waals surface area contributed by atoms with Crippen LogP contribution in [0.1, 0.15) is 47.8 Å². The molecular formula is C14H19NO2S. The number of carboxylic acids is 1. The van der Waals surface area contributed by atoms with Crippen molar-refractivity contribution in [3.05, 3.63) is 21.9 Å². The van der Waals surface area contributed by atoms with Crippen molar-refractivity contribution in [3.63, 3.8) is 0 Å². The van der Waals surface area contributed by atoms with Crippen molar-refractivity contribution in [3.8, 4) is 0 Å². The van der Waals surface area contributed by atoms with Crippen molar-refractivity contribution in [2.75, 3.05) is 6.54 Å². The van der Waals surface area contributed by atoms with Gasteiger partial charge >= 0.3 is 5.97 Å². The average Bonchev–Trinajstić information content (AvgIpc) is 2.84. The molecule has 1 saturated heterocycles. The Hall–Kier alpha value is -0.870. The Morgan fingerprint density at radius 3 is 2.89 bits per heavy atom. The highest BCUT2D eigenvalue weighted by atomic mass is 32.1. The van der Waals surface area contributed by atoms with Gasteiger partial charge in [-0.3, -0.25) is 4.90 Å². The largest absolute Gasteiger partial charge is 0.477 e. The zero-order valence-electron chi connectivity index (χ0n) is 10.7. The van der Waals surface area contributed by atoms with Crippen LogP contribution in [0.4, 0.5) is 0 Å². The summed E-state index contributed by atoms with van der Waals surface area (Å²) >= 11 is 1.34. The Morgan fingerprint density at radius 2 is 2.39 bits per heavy atom. The second-order valence-electron chi connectivity index (χ2n) is 5.94. The van der Waals surface area contributed by atoms with Gasteiger partial charge in [0.25, 0.3) is 0 Å². The first-order valence-corrected chi connectivity index (χ1v) is 7.51. The molecule has 0 bridgehead atoms. The Morgan fingerprint density at radius 1 is 1.61 bits per heavy atom. The van der Waals surface area contributed by atoms with Gasteiger partial charge in [-0.15, -0.1) is 11.3 Å². The highest BCUT2D eigenvalue weighted by Crippen LogP contribution is 2.50. The first-order valence-electron chi connectivity index (χ1n) is 6.63. The summed E-state index contributed by atoms with van der Waals surface area (Å²) in [6.45, 7) is 4.41. The topological polar surface area (TPSA) is 40.5 Å². The monoisotopic (exact) mass is 265 g/mol. The van der Waals surface area contributed by atoms with Crippen LogP contribution in [0.15, 0.2) is 11.4 Å². The van der Waals surface area contributed by atoms with E-state index in [0.717, 1.165) is 12.1 Å². The molecular weight excluding hydrogens is 246 g/mol. The number of aromatic carboxylic acids is 1. The van der Waals surface area contributed by atoms with Gasteiger partial charge in [-0.05, 0) is 48.6 Å². The standard InChI is InChI=1S/C14H19NO2S/c1-10-6-14(3-2-4-14)9-15(10)7-11-5-12(13(16)17)18-8-11/h5,8,10H,2-4,6-7,9H2,1H3,(H,16,17). The van der Waals surface area contributed by atoms with E-state index in [1.165, 1.54) is 43.6 Å². The van der Waals surface area contributed by atoms with Gasteiger partial charge in [0.1, 0.15) is 4.88 Å². The zero-order valence-corrected chi connectivity index (χ0v) is 11.5. The van der Waals surface area contributed by atoms with E-state index in [4.69, 9.17) is 5.11 Å². The minimum atomic E-state index is -0.809. The Labute approximate surface area is 111 Å². The van der Waals surface area contributed by atoms with Crippen molar-refractivity contribution in [2.24, 2.45) is 5.41 Å². The molecule has 1 aliphatic carbocycles. The lowest BCUT2D eigenvalue weighted by molar-refractivity contribution is 0.0702. The van der Waals surface area contributed by atoms with E-state index in [2.05, 4.69) is 11.8 Å². The molecule has 18 heavy (non-hydrogen) atoms. The van der Waals surface area contributed by atoms with Gasteiger partial charge in [-0.1, -0.05) is 6.42 Å². The normalized spacial score (nSPS) is 26.4. The molecule has 3 nitrogen and oxygen atoms in total. The van der Waals surface area contributed by atoms with Crippen LogP contribution in [0.3, 0.4) is 0 Å². The highest BCUT2D eigenvalue weighted by molar-refractivity contribution is 7.12. The molecule has 0 aromatic carbocycles. The lowest BCUT2D eigenvalue weighted by atomic mass is 9.68. The van der Waals surface area contributed by atoms with Crippen LogP contribution in [0, 0.1) is 5.41 Å². The van der Waals surface area contributed by atoms with Crippen molar-refractivity contribution in [1.82, 2.24) is 4.90 Å². The highest BCUT2D eigenvalue weighted by Gasteiger charge is 2.45. The van der Waals surface area contributed by atoms with Crippen LogP contribution in [0.25, 0.3) is 0 Å². The number of likely N-dealkylation sites (tertiary alicyclic amines) is 1. The van der Waals surface area contributed by atoms with Crippen LogP contribution in [-0.4, -0.2) is 28.6 Å². The van der Waals surface area contributed by atoms with Gasteiger partial charge in [0.15, 0.2) is 0 Å². The number of carbonyl (C=O) groups is 1. The van der Waals surface area contributed by atoms with Crippen LogP contribution in [0.2, 0.25) is 0 Å². The van der Waals surface area contributed by atoms with E-state index >= 15 is 0 Å². The van der Waals surface area contributed by atoms with Crippen LogP contribution < -0.4 is 0 Å². The van der Waals surface area contributed by atoms with E-state index in [0.29, 0.717) is 16.3 Å². The quantitative estimate of drug-likeness (QED) is 0.912. The van der Waals surface area contributed by atoms with Gasteiger partial charge in [0.05, 0.1) is 0 Å². The van der Waals surface area contributed by atoms with Crippen LogP contribution >= 0.6 is 11.3 Å². The summed E-state index contributed by atoms with van der Waals surface area (Å²) in [6.07, 6.45) is 5.49. The molecule has 1 saturated carbocycles. The Kier molecular flexibility index (Phi) is 2.94. The summed E-state index contributed by atoms with van der Waals surface area (Å²) in [5, 5.41) is 10.9. The molecule has 2 heterocycles. The number of hydrogen-bond donors (Lipinski definition) is 1. The summed E-state index contributed by atoms with van der Waals surface area (Å²) in [5.41, 5.74) is 1.76. The zero-order chi connectivity index (χ0) is 12.8. The van der Waals surface area contributed by atoms with Crippen molar-refractivity contribution < 1.29 is 9.90 Å². The predicted octanol–water partition coefficient (Wildman–Crippen LogP) is 3.21. The molecule has 4 heteroatoms. The molecule has 1 aromatic heterocycles. The fraction of sp³-hybridized carbons (Fsp3) is 0.643. The minimum Gasteiger partial charge on any atom is -0.477 e. The maximum absolute atomic E-state index is 10.9. The van der Waals surface area contributed by atoms with Gasteiger partial charge in [-0.2, -0.15) is 0 Å². The smallest absolute Gasteiger partial charge is 0.345 e. The molecule has 98 valence electrons. The fourth-order valence-electron chi connectivity index (χ4n) is 3.46. The third-order valence-electron chi connectivity index (χ3n) is 4.55. The molecule has 1 unspecified atom stereocenters. The van der Waals surface area contributed by atoms with Crippen LogP contribution in [0.5, 0.6) is 0 Å². The Balaban J connectivity index is 1.67. The summed E-state index contributed by atoms with van der Waals surface area (Å²) < 4.78 is 0. The predicted molar refractivity (Wildman–Crippen MR) is 72.1 cm³/mol. The van der Waals surface area contributed by atoms with E-state index in [-0.39, 0.29) is 0 Å². The molecule has 0 amide bonds. The van der Waals surface area contributed by atoms with Crippen LogP contribution in [-0.2, 0) is 6.54 Å². The summed E-state index contributed by atoms with van der Waals surface area (Å²) in [4.78, 5) is 13.8. The maximum atomic E-state index is 10.9.